The number of hydrogen-bond acceptors (Lipinski definition) is 7. The van der Waals surface area contributed by atoms with E-state index < -0.39 is 23.1 Å². The van der Waals surface area contributed by atoms with Crippen LogP contribution < -0.4 is 16.4 Å². The normalized spacial score (nSPS) is 24.6. The molecule has 2 saturated carbocycles. The predicted molar refractivity (Wildman–Crippen MR) is 122 cm³/mol. The van der Waals surface area contributed by atoms with Crippen LogP contribution in [0.3, 0.4) is 0 Å². The van der Waals surface area contributed by atoms with Crippen molar-refractivity contribution in [3.63, 3.8) is 0 Å². The molecule has 2 aliphatic carbocycles. The second kappa shape index (κ2) is 9.33. The second-order valence-electron chi connectivity index (χ2n) is 9.29. The zero-order valence-corrected chi connectivity index (χ0v) is 18.8. The van der Waals surface area contributed by atoms with Gasteiger partial charge in [-0.3, -0.25) is 9.36 Å². The highest BCUT2D eigenvalue weighted by Crippen LogP contribution is 2.37. The number of anilines is 3. The van der Waals surface area contributed by atoms with Gasteiger partial charge < -0.3 is 21.5 Å². The summed E-state index contributed by atoms with van der Waals surface area (Å²) < 4.78 is 44.0. The van der Waals surface area contributed by atoms with Crippen LogP contribution in [0.4, 0.5) is 30.8 Å². The summed E-state index contributed by atoms with van der Waals surface area (Å²) in [4.78, 5) is 25.0. The Morgan fingerprint density at radius 1 is 1.06 bits per heavy atom. The number of imidazole rings is 1. The van der Waals surface area contributed by atoms with Gasteiger partial charge in [0.1, 0.15) is 17.0 Å². The van der Waals surface area contributed by atoms with E-state index in [0.29, 0.717) is 67.8 Å². The number of primary amides is 1. The number of rotatable bonds is 6. The van der Waals surface area contributed by atoms with Crippen LogP contribution in [0, 0.1) is 23.4 Å². The molecule has 2 aliphatic rings. The van der Waals surface area contributed by atoms with E-state index in [9.17, 15) is 23.1 Å². The maximum atomic E-state index is 14.4. The first-order valence-corrected chi connectivity index (χ1v) is 11.7. The van der Waals surface area contributed by atoms with Gasteiger partial charge in [0.25, 0.3) is 0 Å². The summed E-state index contributed by atoms with van der Waals surface area (Å²) >= 11 is 0. The molecule has 1 aromatic carbocycles. The molecule has 2 atom stereocenters. The second-order valence-corrected chi connectivity index (χ2v) is 9.29. The summed E-state index contributed by atoms with van der Waals surface area (Å²) in [5.74, 6) is -3.30. The molecule has 12 heteroatoms. The first-order chi connectivity index (χ1) is 16.8. The Labute approximate surface area is 199 Å². The molecule has 186 valence electrons. The van der Waals surface area contributed by atoms with Crippen LogP contribution >= 0.6 is 0 Å². The molecule has 35 heavy (non-hydrogen) atoms. The molecule has 0 spiro atoms. The van der Waals surface area contributed by atoms with Crippen molar-refractivity contribution in [2.75, 3.05) is 10.6 Å². The lowest BCUT2D eigenvalue weighted by Crippen LogP contribution is -2.29. The molecular weight excluding hydrogens is 463 g/mol. The fraction of sp³-hybridized carbons (Fsp3) is 0.478. The number of aliphatic hydroxyl groups excluding tert-OH is 1. The summed E-state index contributed by atoms with van der Waals surface area (Å²) in [6.45, 7) is 0. The first kappa shape index (κ1) is 23.3. The Bertz CT molecular complexity index is 1240. The number of hydrogen-bond donors (Lipinski definition) is 4. The quantitative estimate of drug-likeness (QED) is 0.417. The lowest BCUT2D eigenvalue weighted by atomic mass is 9.85. The van der Waals surface area contributed by atoms with Gasteiger partial charge in [0.2, 0.25) is 17.8 Å². The molecule has 9 nitrogen and oxygen atoms in total. The Morgan fingerprint density at radius 3 is 2.40 bits per heavy atom. The van der Waals surface area contributed by atoms with E-state index in [1.165, 1.54) is 6.20 Å². The van der Waals surface area contributed by atoms with Crippen LogP contribution in [0.15, 0.2) is 18.3 Å². The third-order valence-electron chi connectivity index (χ3n) is 6.88. The van der Waals surface area contributed by atoms with E-state index in [1.807, 2.05) is 0 Å². The number of amides is 1. The molecule has 0 saturated heterocycles. The van der Waals surface area contributed by atoms with Gasteiger partial charge in [-0.2, -0.15) is 4.98 Å². The maximum absolute atomic E-state index is 14.4. The summed E-state index contributed by atoms with van der Waals surface area (Å²) in [5.41, 5.74) is 5.81. The van der Waals surface area contributed by atoms with Crippen LogP contribution in [0.2, 0.25) is 0 Å². The third-order valence-corrected chi connectivity index (χ3v) is 6.88. The summed E-state index contributed by atoms with van der Waals surface area (Å²) in [7, 11) is 0. The molecule has 2 aromatic heterocycles. The molecule has 0 aliphatic heterocycles. The molecule has 1 amide bonds. The highest BCUT2D eigenvalue weighted by Gasteiger charge is 2.30. The number of nitrogens with two attached hydrogens (primary N) is 1. The Kier molecular flexibility index (Phi) is 6.22. The van der Waals surface area contributed by atoms with Crippen molar-refractivity contribution in [3.05, 3.63) is 35.8 Å². The lowest BCUT2D eigenvalue weighted by molar-refractivity contribution is -0.122. The van der Waals surface area contributed by atoms with Crippen molar-refractivity contribution < 1.29 is 23.1 Å². The van der Waals surface area contributed by atoms with Crippen molar-refractivity contribution in [1.82, 2.24) is 19.5 Å². The van der Waals surface area contributed by atoms with E-state index >= 15 is 0 Å². The van der Waals surface area contributed by atoms with E-state index in [1.54, 1.807) is 4.57 Å². The van der Waals surface area contributed by atoms with Crippen molar-refractivity contribution >= 4 is 34.7 Å². The molecule has 2 fully saturated rings. The first-order valence-electron chi connectivity index (χ1n) is 11.7. The smallest absolute Gasteiger partial charge is 0.224 e. The molecule has 0 bridgehead atoms. The number of benzene rings is 1. The van der Waals surface area contributed by atoms with Crippen LogP contribution in [0.5, 0.6) is 0 Å². The minimum absolute atomic E-state index is 0.0322. The Hall–Kier alpha value is -3.41. The number of nitrogens with one attached hydrogen (secondary N) is 2. The Morgan fingerprint density at radius 2 is 1.77 bits per heavy atom. The number of fused-ring (bicyclic) bond motifs is 1. The fourth-order valence-corrected chi connectivity index (χ4v) is 5.06. The number of carbonyl (C=O) groups is 1. The highest BCUT2D eigenvalue weighted by molar-refractivity contribution is 5.78. The van der Waals surface area contributed by atoms with Gasteiger partial charge in [-0.05, 0) is 44.9 Å². The summed E-state index contributed by atoms with van der Waals surface area (Å²) in [6, 6.07) is 1.05. The number of aromatic nitrogens is 4. The Balaban J connectivity index is 1.52. The van der Waals surface area contributed by atoms with Crippen LogP contribution in [-0.2, 0) is 4.79 Å². The fourth-order valence-electron chi connectivity index (χ4n) is 5.06. The maximum Gasteiger partial charge on any atom is 0.224 e. The van der Waals surface area contributed by atoms with Gasteiger partial charge in [0, 0.05) is 30.1 Å². The van der Waals surface area contributed by atoms with Gasteiger partial charge in [0.05, 0.1) is 12.3 Å². The van der Waals surface area contributed by atoms with Gasteiger partial charge in [-0.15, -0.1) is 0 Å². The molecule has 2 heterocycles. The van der Waals surface area contributed by atoms with E-state index in [4.69, 9.17) is 5.73 Å². The minimum atomic E-state index is -1.09. The van der Waals surface area contributed by atoms with Crippen LogP contribution in [0.1, 0.15) is 51.0 Å². The topological polar surface area (TPSA) is 131 Å². The molecule has 0 unspecified atom stereocenters. The van der Waals surface area contributed by atoms with Crippen LogP contribution in [0.25, 0.3) is 11.2 Å². The number of carbonyl (C=O) groups excluding carboxylic acids is 1. The highest BCUT2D eigenvalue weighted by atomic mass is 19.1. The molecule has 5 N–H and O–H groups in total. The average Bonchev–Trinajstić information content (AvgIpc) is 3.38. The number of aliphatic hydroxyl groups is 1. The van der Waals surface area contributed by atoms with Gasteiger partial charge in [0.15, 0.2) is 17.3 Å². The average molecular weight is 490 g/mol. The number of halogens is 3. The van der Waals surface area contributed by atoms with Crippen molar-refractivity contribution in [3.8, 4) is 0 Å². The standard InChI is InChI=1S/C23H26F3N7O2/c24-12-7-16(25)19(17(26)8-12)31-23-30-18-10-28-22(29-13-3-6-15(34)9-13)32-21(18)33(23)14-4-1-11(2-5-14)20(27)35/h7-8,10-11,13-15,34H,1-6,9H2,(H2,27,35)(H,30,31)(H,28,29,32)/t11-,13-,14+,15-/m1/s1. The lowest BCUT2D eigenvalue weighted by Gasteiger charge is -2.29. The van der Waals surface area contributed by atoms with Crippen LogP contribution in [-0.4, -0.2) is 42.7 Å². The zero-order valence-electron chi connectivity index (χ0n) is 18.8. The van der Waals surface area contributed by atoms with Gasteiger partial charge in [-0.25, -0.2) is 23.1 Å². The van der Waals surface area contributed by atoms with Crippen molar-refractivity contribution in [1.29, 1.82) is 0 Å². The summed E-state index contributed by atoms with van der Waals surface area (Å²) in [5, 5.41) is 15.7. The zero-order chi connectivity index (χ0) is 24.7. The minimum Gasteiger partial charge on any atom is -0.393 e. The monoisotopic (exact) mass is 489 g/mol. The SMILES string of the molecule is NC(=O)[C@H]1CC[C@@H](n2c(Nc3c(F)cc(F)cc3F)nc3cnc(N[C@@H]4CC[C@@H](O)C4)nc32)CC1. The molecule has 3 aromatic rings. The van der Waals surface area contributed by atoms with E-state index in [0.717, 1.165) is 6.42 Å². The summed E-state index contributed by atoms with van der Waals surface area (Å²) in [6.07, 6.45) is 5.53. The third kappa shape index (κ3) is 4.75. The molecule has 0 radical (unpaired) electrons. The predicted octanol–water partition coefficient (Wildman–Crippen LogP) is 3.53. The van der Waals surface area contributed by atoms with Crippen molar-refractivity contribution in [2.45, 2.75) is 63.1 Å². The largest absolute Gasteiger partial charge is 0.393 e. The number of nitrogens with zero attached hydrogens (tertiary/aromatic N) is 4. The molecule has 5 rings (SSSR count). The molecular formula is C23H26F3N7O2. The van der Waals surface area contributed by atoms with Crippen molar-refractivity contribution in [2.24, 2.45) is 11.7 Å². The van der Waals surface area contributed by atoms with Gasteiger partial charge >= 0.3 is 0 Å². The van der Waals surface area contributed by atoms with E-state index in [2.05, 4.69) is 25.6 Å². The van der Waals surface area contributed by atoms with Gasteiger partial charge in [-0.1, -0.05) is 0 Å². The van der Waals surface area contributed by atoms with E-state index in [-0.39, 0.29) is 36.0 Å².